The fourth-order valence-electron chi connectivity index (χ4n) is 2.95. The van der Waals surface area contributed by atoms with Crippen molar-refractivity contribution in [2.24, 2.45) is 0 Å². The maximum Gasteiger partial charge on any atom is 0.261 e. The first-order chi connectivity index (χ1) is 15.9. The largest absolute Gasteiger partial charge is 0.494 e. The number of hydrogen-bond donors (Lipinski definition) is 2. The second-order valence-electron chi connectivity index (χ2n) is 6.86. The number of amides is 1. The molecule has 10 heteroatoms. The summed E-state index contributed by atoms with van der Waals surface area (Å²) in [6.45, 7) is 2.52. The van der Waals surface area contributed by atoms with Crippen LogP contribution in [-0.2, 0) is 14.8 Å². The fraction of sp³-hybridized carbons (Fsp3) is 0.130. The first-order valence-corrected chi connectivity index (χ1v) is 13.4. The van der Waals surface area contributed by atoms with Gasteiger partial charge in [-0.3, -0.25) is 9.52 Å². The van der Waals surface area contributed by atoms with Crippen LogP contribution in [0.4, 0.5) is 10.8 Å². The summed E-state index contributed by atoms with van der Waals surface area (Å²) >= 11 is 2.75. The molecule has 0 fully saturated rings. The molecule has 170 valence electrons. The van der Waals surface area contributed by atoms with Crippen LogP contribution >= 0.6 is 23.1 Å². The number of nitrogens with zero attached hydrogens (tertiary/aromatic N) is 1. The summed E-state index contributed by atoms with van der Waals surface area (Å²) in [6.07, 6.45) is 0. The van der Waals surface area contributed by atoms with Crippen molar-refractivity contribution in [3.8, 4) is 5.75 Å². The van der Waals surface area contributed by atoms with E-state index in [0.29, 0.717) is 17.4 Å². The van der Waals surface area contributed by atoms with Gasteiger partial charge in [0.15, 0.2) is 5.13 Å². The van der Waals surface area contributed by atoms with E-state index in [4.69, 9.17) is 4.74 Å². The third-order valence-electron chi connectivity index (χ3n) is 4.45. The molecule has 1 heterocycles. The predicted octanol–water partition coefficient (Wildman–Crippen LogP) is 5.23. The van der Waals surface area contributed by atoms with Crippen LogP contribution in [0.2, 0.25) is 0 Å². The van der Waals surface area contributed by atoms with Crippen LogP contribution < -0.4 is 14.8 Å². The van der Waals surface area contributed by atoms with Gasteiger partial charge in [-0.1, -0.05) is 29.5 Å². The highest BCUT2D eigenvalue weighted by atomic mass is 32.2. The van der Waals surface area contributed by atoms with Crippen molar-refractivity contribution in [2.45, 2.75) is 16.7 Å². The zero-order valence-corrected chi connectivity index (χ0v) is 20.1. The molecule has 0 spiro atoms. The summed E-state index contributed by atoms with van der Waals surface area (Å²) in [6, 6.07) is 20.7. The second kappa shape index (κ2) is 10.2. The van der Waals surface area contributed by atoms with Crippen LogP contribution in [0.3, 0.4) is 0 Å². The van der Waals surface area contributed by atoms with Gasteiger partial charge >= 0.3 is 0 Å². The zero-order valence-electron chi connectivity index (χ0n) is 17.6. The molecule has 0 atom stereocenters. The number of carbonyl (C=O) groups is 1. The van der Waals surface area contributed by atoms with Crippen molar-refractivity contribution in [1.29, 1.82) is 0 Å². The minimum Gasteiger partial charge on any atom is -0.494 e. The van der Waals surface area contributed by atoms with E-state index in [1.165, 1.54) is 35.2 Å². The number of aromatic nitrogens is 1. The molecule has 2 N–H and O–H groups in total. The summed E-state index contributed by atoms with van der Waals surface area (Å²) in [5, 5.41) is 3.37. The lowest BCUT2D eigenvalue weighted by Crippen LogP contribution is -2.13. The number of hydrogen-bond acceptors (Lipinski definition) is 7. The van der Waals surface area contributed by atoms with Gasteiger partial charge in [-0.2, -0.15) is 0 Å². The normalized spacial score (nSPS) is 11.3. The van der Waals surface area contributed by atoms with Crippen LogP contribution in [0.15, 0.2) is 82.6 Å². The highest BCUT2D eigenvalue weighted by Gasteiger charge is 2.14. The summed E-state index contributed by atoms with van der Waals surface area (Å²) in [5.74, 6) is 0.810. The first kappa shape index (κ1) is 23.1. The van der Waals surface area contributed by atoms with Gasteiger partial charge in [0.2, 0.25) is 5.91 Å². The van der Waals surface area contributed by atoms with Gasteiger partial charge in [-0.05, 0) is 61.5 Å². The molecule has 0 saturated carbocycles. The third-order valence-corrected chi connectivity index (χ3v) is 7.79. The van der Waals surface area contributed by atoms with Crippen LogP contribution in [0, 0.1) is 0 Å². The molecule has 7 nitrogen and oxygen atoms in total. The van der Waals surface area contributed by atoms with Crippen molar-refractivity contribution in [1.82, 2.24) is 4.98 Å². The summed E-state index contributed by atoms with van der Waals surface area (Å²) in [4.78, 5) is 17.8. The lowest BCUT2D eigenvalue weighted by molar-refractivity contribution is -0.113. The lowest BCUT2D eigenvalue weighted by Gasteiger charge is -2.08. The van der Waals surface area contributed by atoms with Gasteiger partial charge < -0.3 is 10.1 Å². The molecule has 0 bridgehead atoms. The average Bonchev–Trinajstić information content (AvgIpc) is 3.20. The molecule has 4 aromatic rings. The highest BCUT2D eigenvalue weighted by molar-refractivity contribution is 8.00. The number of nitrogens with one attached hydrogen (secondary N) is 2. The summed E-state index contributed by atoms with van der Waals surface area (Å²) < 4.78 is 33.8. The van der Waals surface area contributed by atoms with Gasteiger partial charge in [0.05, 0.1) is 27.5 Å². The first-order valence-electron chi connectivity index (χ1n) is 10.1. The molecule has 0 aliphatic heterocycles. The number of thioether (sulfide) groups is 1. The number of thiazole rings is 1. The number of rotatable bonds is 9. The zero-order chi connectivity index (χ0) is 23.3. The van der Waals surface area contributed by atoms with Crippen LogP contribution in [0.1, 0.15) is 6.92 Å². The lowest BCUT2D eigenvalue weighted by atomic mass is 10.3. The van der Waals surface area contributed by atoms with Gasteiger partial charge in [0, 0.05) is 10.6 Å². The molecular formula is C23H21N3O4S3. The molecule has 4 rings (SSSR count). The van der Waals surface area contributed by atoms with E-state index < -0.39 is 10.0 Å². The van der Waals surface area contributed by atoms with E-state index in [2.05, 4.69) is 15.0 Å². The minimum absolute atomic E-state index is 0.169. The quantitative estimate of drug-likeness (QED) is 0.306. The molecule has 1 aromatic heterocycles. The van der Waals surface area contributed by atoms with E-state index in [9.17, 15) is 13.2 Å². The average molecular weight is 500 g/mol. The van der Waals surface area contributed by atoms with E-state index in [1.807, 2.05) is 25.1 Å². The van der Waals surface area contributed by atoms with Crippen molar-refractivity contribution >= 4 is 60.1 Å². The SMILES string of the molecule is CCOc1ccc2nc(NC(=O)CSc3ccc(NS(=O)(=O)c4ccccc4)cc3)sc2c1. The number of anilines is 2. The predicted molar refractivity (Wildman–Crippen MR) is 134 cm³/mol. The van der Waals surface area contributed by atoms with Crippen molar-refractivity contribution < 1.29 is 17.9 Å². The van der Waals surface area contributed by atoms with Crippen LogP contribution in [0.5, 0.6) is 5.75 Å². The van der Waals surface area contributed by atoms with Crippen LogP contribution in [-0.4, -0.2) is 31.7 Å². The molecule has 0 aliphatic carbocycles. The smallest absolute Gasteiger partial charge is 0.261 e. The van der Waals surface area contributed by atoms with E-state index in [1.54, 1.807) is 42.5 Å². The number of carbonyl (C=O) groups excluding carboxylic acids is 1. The molecule has 1 amide bonds. The Morgan fingerprint density at radius 3 is 2.55 bits per heavy atom. The summed E-state index contributed by atoms with van der Waals surface area (Å²) in [7, 11) is -3.64. The van der Waals surface area contributed by atoms with Gasteiger partial charge in [-0.15, -0.1) is 11.8 Å². The van der Waals surface area contributed by atoms with Crippen molar-refractivity contribution in [3.63, 3.8) is 0 Å². The van der Waals surface area contributed by atoms with Crippen LogP contribution in [0.25, 0.3) is 10.2 Å². The number of benzene rings is 3. The monoisotopic (exact) mass is 499 g/mol. The van der Waals surface area contributed by atoms with Crippen molar-refractivity contribution in [2.75, 3.05) is 22.4 Å². The van der Waals surface area contributed by atoms with Crippen molar-refractivity contribution in [3.05, 3.63) is 72.8 Å². The standard InChI is InChI=1S/C23H21N3O4S3/c1-2-30-17-10-13-20-21(14-17)32-23(24-20)25-22(27)15-31-18-11-8-16(9-12-18)26-33(28,29)19-6-4-3-5-7-19/h3-14,26H,2,15H2,1H3,(H,24,25,27). The molecule has 0 unspecified atom stereocenters. The Balaban J connectivity index is 1.32. The topological polar surface area (TPSA) is 97.4 Å². The molecule has 3 aromatic carbocycles. The Hall–Kier alpha value is -3.08. The molecular weight excluding hydrogens is 478 g/mol. The number of sulfonamides is 1. The Morgan fingerprint density at radius 1 is 1.06 bits per heavy atom. The Morgan fingerprint density at radius 2 is 1.82 bits per heavy atom. The minimum atomic E-state index is -3.64. The number of ether oxygens (including phenoxy) is 1. The second-order valence-corrected chi connectivity index (χ2v) is 10.6. The van der Waals surface area contributed by atoms with Gasteiger partial charge in [-0.25, -0.2) is 13.4 Å². The fourth-order valence-corrected chi connectivity index (χ4v) is 5.64. The highest BCUT2D eigenvalue weighted by Crippen LogP contribution is 2.30. The molecule has 0 radical (unpaired) electrons. The molecule has 33 heavy (non-hydrogen) atoms. The third kappa shape index (κ3) is 6.04. The van der Waals surface area contributed by atoms with E-state index >= 15 is 0 Å². The molecule has 0 saturated heterocycles. The van der Waals surface area contributed by atoms with E-state index in [-0.39, 0.29) is 16.6 Å². The summed E-state index contributed by atoms with van der Waals surface area (Å²) in [5.41, 5.74) is 1.26. The maximum absolute atomic E-state index is 12.4. The Bertz CT molecular complexity index is 1350. The van der Waals surface area contributed by atoms with Gasteiger partial charge in [0.1, 0.15) is 5.75 Å². The maximum atomic E-state index is 12.4. The number of fused-ring (bicyclic) bond motifs is 1. The van der Waals surface area contributed by atoms with Gasteiger partial charge in [0.25, 0.3) is 10.0 Å². The van der Waals surface area contributed by atoms with E-state index in [0.717, 1.165) is 20.9 Å². The Kier molecular flexibility index (Phi) is 7.17. The molecule has 0 aliphatic rings. The Labute approximate surface area is 200 Å².